The lowest BCUT2D eigenvalue weighted by atomic mass is 10.3. The number of rotatable bonds is 6. The highest BCUT2D eigenvalue weighted by Gasteiger charge is 2.34. The van der Waals surface area contributed by atoms with E-state index in [9.17, 15) is 13.2 Å². The summed E-state index contributed by atoms with van der Waals surface area (Å²) in [4.78, 5) is 11.2. The molecule has 5 nitrogen and oxygen atoms in total. The summed E-state index contributed by atoms with van der Waals surface area (Å²) in [6.45, 7) is 2.78. The summed E-state index contributed by atoms with van der Waals surface area (Å²) in [5, 5.41) is 7.47. The van der Waals surface area contributed by atoms with Crippen LogP contribution in [-0.2, 0) is 12.8 Å². The number of nitrogens with one attached hydrogen (secondary N) is 2. The van der Waals surface area contributed by atoms with Gasteiger partial charge in [-0.2, -0.15) is 13.2 Å². The topological polar surface area (TPSA) is 52.6 Å². The van der Waals surface area contributed by atoms with Crippen LogP contribution in [0.4, 0.5) is 13.2 Å². The summed E-state index contributed by atoms with van der Waals surface area (Å²) in [6, 6.07) is -0.00916. The van der Waals surface area contributed by atoms with Crippen molar-refractivity contribution >= 4 is 41.3 Å². The summed E-state index contributed by atoms with van der Waals surface area (Å²) in [5.41, 5.74) is 0. The first-order valence-electron chi connectivity index (χ1n) is 8.09. The van der Waals surface area contributed by atoms with Gasteiger partial charge in [-0.15, -0.1) is 35.3 Å². The molecule has 0 aromatic carbocycles. The molecular weight excluding hydrogens is 466 g/mol. The second-order valence-corrected chi connectivity index (χ2v) is 7.00. The van der Waals surface area contributed by atoms with Crippen LogP contribution in [0.25, 0.3) is 0 Å². The van der Waals surface area contributed by atoms with E-state index in [1.807, 2.05) is 6.20 Å². The fourth-order valence-corrected chi connectivity index (χ4v) is 3.51. The quantitative estimate of drug-likeness (QED) is 0.365. The average Bonchev–Trinajstić information content (AvgIpc) is 3.14. The highest BCUT2D eigenvalue weighted by Crippen LogP contribution is 2.20. The van der Waals surface area contributed by atoms with Gasteiger partial charge in [-0.05, 0) is 12.8 Å². The zero-order chi connectivity index (χ0) is 17.6. The smallest absolute Gasteiger partial charge is 0.356 e. The summed E-state index contributed by atoms with van der Waals surface area (Å²) in [6.07, 6.45) is 0.241. The summed E-state index contributed by atoms with van der Waals surface area (Å²) >= 11 is 1.71. The number of hydrogen-bond acceptors (Lipinski definition) is 4. The number of hydrogen-bond donors (Lipinski definition) is 2. The maximum atomic E-state index is 12.4. The number of thiazole rings is 1. The molecule has 0 amide bonds. The van der Waals surface area contributed by atoms with Gasteiger partial charge in [-0.1, -0.05) is 6.92 Å². The van der Waals surface area contributed by atoms with E-state index < -0.39 is 12.7 Å². The second-order valence-electron chi connectivity index (χ2n) is 5.80. The molecule has 0 spiro atoms. The first-order chi connectivity index (χ1) is 11.4. The number of likely N-dealkylation sites (tertiary alicyclic amines) is 1. The van der Waals surface area contributed by atoms with Crippen LogP contribution < -0.4 is 10.6 Å². The first-order valence-corrected chi connectivity index (χ1v) is 8.91. The van der Waals surface area contributed by atoms with E-state index in [-0.39, 0.29) is 30.0 Å². The molecule has 0 saturated carbocycles. The molecular formula is C15H25F3IN5S. The highest BCUT2D eigenvalue weighted by atomic mass is 127. The monoisotopic (exact) mass is 491 g/mol. The van der Waals surface area contributed by atoms with Gasteiger partial charge < -0.3 is 10.6 Å². The average molecular weight is 491 g/mol. The molecule has 1 fully saturated rings. The van der Waals surface area contributed by atoms with Crippen molar-refractivity contribution in [3.8, 4) is 0 Å². The van der Waals surface area contributed by atoms with Crippen LogP contribution in [0, 0.1) is 0 Å². The number of nitrogens with zero attached hydrogens (tertiary/aromatic N) is 3. The number of alkyl halides is 3. The van der Waals surface area contributed by atoms with Crippen LogP contribution in [0.1, 0.15) is 23.2 Å². The van der Waals surface area contributed by atoms with Crippen molar-refractivity contribution in [2.45, 2.75) is 38.4 Å². The Morgan fingerprint density at radius 1 is 1.48 bits per heavy atom. The van der Waals surface area contributed by atoms with Gasteiger partial charge in [0.15, 0.2) is 5.96 Å². The van der Waals surface area contributed by atoms with Crippen molar-refractivity contribution in [1.82, 2.24) is 20.5 Å². The van der Waals surface area contributed by atoms with Crippen LogP contribution in [0.2, 0.25) is 0 Å². The maximum Gasteiger partial charge on any atom is 0.401 e. The number of halogens is 4. The van der Waals surface area contributed by atoms with E-state index in [1.165, 1.54) is 9.78 Å². The lowest BCUT2D eigenvalue weighted by Crippen LogP contribution is -2.45. The third-order valence-electron chi connectivity index (χ3n) is 3.82. The number of aromatic nitrogens is 1. The van der Waals surface area contributed by atoms with Crippen molar-refractivity contribution < 1.29 is 13.2 Å². The van der Waals surface area contributed by atoms with Gasteiger partial charge in [0.25, 0.3) is 0 Å². The van der Waals surface area contributed by atoms with Gasteiger partial charge in [0.2, 0.25) is 0 Å². The Kier molecular flexibility index (Phi) is 9.43. The van der Waals surface area contributed by atoms with Crippen molar-refractivity contribution in [2.75, 3.05) is 33.2 Å². The van der Waals surface area contributed by atoms with Gasteiger partial charge in [0.1, 0.15) is 0 Å². The Morgan fingerprint density at radius 2 is 2.24 bits per heavy atom. The van der Waals surface area contributed by atoms with E-state index in [0.717, 1.165) is 17.8 Å². The molecule has 25 heavy (non-hydrogen) atoms. The molecule has 1 aliphatic heterocycles. The molecule has 2 rings (SSSR count). The molecule has 2 heterocycles. The minimum absolute atomic E-state index is 0. The molecule has 144 valence electrons. The molecule has 0 bridgehead atoms. The van der Waals surface area contributed by atoms with Crippen LogP contribution >= 0.6 is 35.3 Å². The minimum atomic E-state index is -4.14. The fraction of sp³-hybridized carbons (Fsp3) is 0.733. The summed E-state index contributed by atoms with van der Waals surface area (Å²) in [5.74, 6) is 0.626. The molecule has 0 aliphatic carbocycles. The largest absolute Gasteiger partial charge is 0.401 e. The molecule has 1 aromatic heterocycles. The molecule has 1 saturated heterocycles. The van der Waals surface area contributed by atoms with Gasteiger partial charge in [-0.25, -0.2) is 4.98 Å². The van der Waals surface area contributed by atoms with Crippen molar-refractivity contribution in [3.05, 3.63) is 16.1 Å². The first kappa shape index (κ1) is 22.4. The Balaban J connectivity index is 0.00000312. The molecule has 1 aromatic rings. The predicted octanol–water partition coefficient (Wildman–Crippen LogP) is 2.67. The zero-order valence-electron chi connectivity index (χ0n) is 14.4. The zero-order valence-corrected chi connectivity index (χ0v) is 17.5. The maximum absolute atomic E-state index is 12.4. The molecule has 2 N–H and O–H groups in total. The Morgan fingerprint density at radius 3 is 2.84 bits per heavy atom. The molecule has 1 atom stereocenters. The van der Waals surface area contributed by atoms with Gasteiger partial charge >= 0.3 is 6.18 Å². The van der Waals surface area contributed by atoms with Crippen molar-refractivity contribution in [2.24, 2.45) is 4.99 Å². The third-order valence-corrected chi connectivity index (χ3v) is 5.02. The molecule has 1 aliphatic rings. The SMILES string of the molecule is CCc1cnc(CCNC(=NC)NC2CCN(CC(F)(F)F)C2)s1.I. The van der Waals surface area contributed by atoms with Crippen LogP contribution in [0.3, 0.4) is 0 Å². The van der Waals surface area contributed by atoms with E-state index in [4.69, 9.17) is 0 Å². The van der Waals surface area contributed by atoms with Crippen LogP contribution in [-0.4, -0.2) is 61.3 Å². The van der Waals surface area contributed by atoms with Crippen LogP contribution in [0.15, 0.2) is 11.2 Å². The lowest BCUT2D eigenvalue weighted by Gasteiger charge is -2.19. The summed E-state index contributed by atoms with van der Waals surface area (Å²) < 4.78 is 37.2. The van der Waals surface area contributed by atoms with Gasteiger partial charge in [0, 0.05) is 50.2 Å². The van der Waals surface area contributed by atoms with E-state index >= 15 is 0 Å². The Labute approximate surface area is 167 Å². The van der Waals surface area contributed by atoms with Gasteiger partial charge in [-0.3, -0.25) is 9.89 Å². The summed E-state index contributed by atoms with van der Waals surface area (Å²) in [7, 11) is 1.66. The standard InChI is InChI=1S/C15H24F3N5S.HI/c1-3-12-8-21-13(24-12)4-6-20-14(19-2)22-11-5-7-23(9-11)10-15(16,17)18;/h8,11H,3-7,9-10H2,1-2H3,(H2,19,20,22);1H. The van der Waals surface area contributed by atoms with E-state index in [1.54, 1.807) is 18.4 Å². The van der Waals surface area contributed by atoms with Crippen LogP contribution in [0.5, 0.6) is 0 Å². The molecule has 0 radical (unpaired) electrons. The third kappa shape index (κ3) is 8.07. The molecule has 10 heteroatoms. The Bertz CT molecular complexity index is 550. The molecule has 1 unspecified atom stereocenters. The second kappa shape index (κ2) is 10.5. The highest BCUT2D eigenvalue weighted by molar-refractivity contribution is 14.0. The Hall–Kier alpha value is -0.620. The van der Waals surface area contributed by atoms with E-state index in [2.05, 4.69) is 27.5 Å². The van der Waals surface area contributed by atoms with Gasteiger partial charge in [0.05, 0.1) is 11.6 Å². The normalized spacial score (nSPS) is 18.9. The fourth-order valence-electron chi connectivity index (χ4n) is 2.65. The lowest BCUT2D eigenvalue weighted by molar-refractivity contribution is -0.143. The predicted molar refractivity (Wildman–Crippen MR) is 106 cm³/mol. The number of aliphatic imine (C=N–C) groups is 1. The van der Waals surface area contributed by atoms with Crippen molar-refractivity contribution in [3.63, 3.8) is 0 Å². The minimum Gasteiger partial charge on any atom is -0.356 e. The number of aryl methyl sites for hydroxylation is 1. The van der Waals surface area contributed by atoms with E-state index in [0.29, 0.717) is 32.0 Å². The van der Waals surface area contributed by atoms with Crippen molar-refractivity contribution in [1.29, 1.82) is 0 Å². The number of guanidine groups is 1.